The zero-order chi connectivity index (χ0) is 13.1. The van der Waals surface area contributed by atoms with Gasteiger partial charge in [0.15, 0.2) is 0 Å². The van der Waals surface area contributed by atoms with Gasteiger partial charge < -0.3 is 10.4 Å². The van der Waals surface area contributed by atoms with Crippen LogP contribution in [0.2, 0.25) is 0 Å². The first-order valence-corrected chi connectivity index (χ1v) is 7.60. The molecule has 0 bridgehead atoms. The molecule has 0 aromatic carbocycles. The van der Waals surface area contributed by atoms with Gasteiger partial charge in [0.25, 0.3) is 0 Å². The first-order chi connectivity index (χ1) is 7.78. The Labute approximate surface area is 117 Å². The molecule has 1 rings (SSSR count). The van der Waals surface area contributed by atoms with Gasteiger partial charge in [-0.1, -0.05) is 20.8 Å². The molecule has 2 atom stereocenters. The second-order valence-electron chi connectivity index (χ2n) is 5.72. The lowest BCUT2D eigenvalue weighted by Gasteiger charge is -2.23. The number of hydrogen-bond acceptors (Lipinski definition) is 3. The van der Waals surface area contributed by atoms with E-state index >= 15 is 0 Å². The quantitative estimate of drug-likeness (QED) is 0.861. The highest BCUT2D eigenvalue weighted by molar-refractivity contribution is 9.10. The highest BCUT2D eigenvalue weighted by atomic mass is 79.9. The maximum Gasteiger partial charge on any atom is 0.0669 e. The fourth-order valence-electron chi connectivity index (χ4n) is 1.75. The van der Waals surface area contributed by atoms with Crippen molar-refractivity contribution in [3.63, 3.8) is 0 Å². The normalized spacial score (nSPS) is 15.9. The van der Waals surface area contributed by atoms with Crippen molar-refractivity contribution in [1.82, 2.24) is 5.32 Å². The molecule has 2 unspecified atom stereocenters. The lowest BCUT2D eigenvalue weighted by molar-refractivity contribution is 0.117. The van der Waals surface area contributed by atoms with E-state index in [0.29, 0.717) is 12.6 Å². The topological polar surface area (TPSA) is 32.3 Å². The van der Waals surface area contributed by atoms with Gasteiger partial charge >= 0.3 is 0 Å². The third kappa shape index (κ3) is 6.00. The first-order valence-electron chi connectivity index (χ1n) is 5.93. The summed E-state index contributed by atoms with van der Waals surface area (Å²) in [6, 6.07) is 2.42. The average molecular weight is 320 g/mol. The standard InChI is InChI=1S/C13H22BrNOS/c1-9(12-5-10(14)8-17-12)15-7-11(16)6-13(2,3)4/h5,8-9,11,15-16H,6-7H2,1-4H3. The van der Waals surface area contributed by atoms with Crippen LogP contribution in [0.25, 0.3) is 0 Å². The zero-order valence-corrected chi connectivity index (χ0v) is 13.4. The summed E-state index contributed by atoms with van der Waals surface area (Å²) in [7, 11) is 0. The number of rotatable bonds is 5. The molecular weight excluding hydrogens is 298 g/mol. The smallest absolute Gasteiger partial charge is 0.0669 e. The molecule has 0 aliphatic heterocycles. The van der Waals surface area contributed by atoms with E-state index in [1.54, 1.807) is 11.3 Å². The van der Waals surface area contributed by atoms with Crippen LogP contribution in [0.15, 0.2) is 15.9 Å². The van der Waals surface area contributed by atoms with Crippen molar-refractivity contribution in [2.75, 3.05) is 6.54 Å². The Balaban J connectivity index is 2.35. The van der Waals surface area contributed by atoms with Gasteiger partial charge in [-0.05, 0) is 40.8 Å². The summed E-state index contributed by atoms with van der Waals surface area (Å²) >= 11 is 5.18. The fraction of sp³-hybridized carbons (Fsp3) is 0.692. The van der Waals surface area contributed by atoms with Crippen molar-refractivity contribution in [2.24, 2.45) is 5.41 Å². The highest BCUT2D eigenvalue weighted by Gasteiger charge is 2.17. The number of aliphatic hydroxyl groups excluding tert-OH is 1. The minimum Gasteiger partial charge on any atom is -0.392 e. The van der Waals surface area contributed by atoms with Crippen molar-refractivity contribution >= 4 is 27.3 Å². The van der Waals surface area contributed by atoms with Gasteiger partial charge in [0.2, 0.25) is 0 Å². The number of thiophene rings is 1. The summed E-state index contributed by atoms with van der Waals surface area (Å²) in [4.78, 5) is 1.29. The van der Waals surface area contributed by atoms with Crippen LogP contribution < -0.4 is 5.32 Å². The van der Waals surface area contributed by atoms with E-state index in [0.717, 1.165) is 10.9 Å². The van der Waals surface area contributed by atoms with Crippen LogP contribution in [0.4, 0.5) is 0 Å². The van der Waals surface area contributed by atoms with Gasteiger partial charge in [0.1, 0.15) is 0 Å². The van der Waals surface area contributed by atoms with Crippen LogP contribution in [0.5, 0.6) is 0 Å². The SMILES string of the molecule is CC(NCC(O)CC(C)(C)C)c1cc(Br)cs1. The Bertz CT molecular complexity index is 345. The average Bonchev–Trinajstić information content (AvgIpc) is 2.58. The zero-order valence-electron chi connectivity index (χ0n) is 11.0. The molecule has 4 heteroatoms. The Morgan fingerprint density at radius 3 is 2.59 bits per heavy atom. The summed E-state index contributed by atoms with van der Waals surface area (Å²) in [5.41, 5.74) is 0.177. The van der Waals surface area contributed by atoms with Gasteiger partial charge in [-0.25, -0.2) is 0 Å². The van der Waals surface area contributed by atoms with E-state index in [4.69, 9.17) is 0 Å². The third-order valence-electron chi connectivity index (χ3n) is 2.52. The largest absolute Gasteiger partial charge is 0.392 e. The summed E-state index contributed by atoms with van der Waals surface area (Å²) < 4.78 is 1.13. The van der Waals surface area contributed by atoms with Crippen LogP contribution in [0.3, 0.4) is 0 Å². The molecule has 2 N–H and O–H groups in total. The molecule has 1 heterocycles. The molecule has 0 saturated heterocycles. The predicted octanol–water partition coefficient (Wildman–Crippen LogP) is 3.96. The van der Waals surface area contributed by atoms with E-state index in [9.17, 15) is 5.11 Å². The Morgan fingerprint density at radius 1 is 1.47 bits per heavy atom. The molecule has 1 aromatic rings. The molecule has 0 saturated carbocycles. The molecule has 2 nitrogen and oxygen atoms in total. The molecule has 98 valence electrons. The highest BCUT2D eigenvalue weighted by Crippen LogP contribution is 2.25. The molecule has 1 aromatic heterocycles. The van der Waals surface area contributed by atoms with Crippen LogP contribution in [0, 0.1) is 5.41 Å². The summed E-state index contributed by atoms with van der Waals surface area (Å²) in [5.74, 6) is 0. The fourth-order valence-corrected chi connectivity index (χ4v) is 3.23. The maximum absolute atomic E-state index is 9.92. The van der Waals surface area contributed by atoms with Gasteiger partial charge in [-0.15, -0.1) is 11.3 Å². The van der Waals surface area contributed by atoms with Crippen molar-refractivity contribution < 1.29 is 5.11 Å². The molecule has 0 fully saturated rings. The van der Waals surface area contributed by atoms with Crippen molar-refractivity contribution in [2.45, 2.75) is 46.3 Å². The minimum absolute atomic E-state index is 0.177. The lowest BCUT2D eigenvalue weighted by atomic mass is 9.89. The van der Waals surface area contributed by atoms with E-state index < -0.39 is 0 Å². The Hall–Kier alpha value is 0.1000. The molecular formula is C13H22BrNOS. The van der Waals surface area contributed by atoms with E-state index in [1.165, 1.54) is 4.88 Å². The molecule has 0 radical (unpaired) electrons. The summed E-state index contributed by atoms with van der Waals surface area (Å²) in [6.45, 7) is 9.22. The molecule has 0 aliphatic carbocycles. The predicted molar refractivity (Wildman–Crippen MR) is 78.5 cm³/mol. The van der Waals surface area contributed by atoms with Gasteiger partial charge in [0.05, 0.1) is 6.10 Å². The van der Waals surface area contributed by atoms with Crippen molar-refractivity contribution in [3.05, 3.63) is 20.8 Å². The number of nitrogens with one attached hydrogen (secondary N) is 1. The van der Waals surface area contributed by atoms with Crippen LogP contribution in [-0.2, 0) is 0 Å². The molecule has 0 spiro atoms. The second-order valence-corrected chi connectivity index (χ2v) is 7.57. The minimum atomic E-state index is -0.277. The summed E-state index contributed by atoms with van der Waals surface area (Å²) in [6.07, 6.45) is 0.543. The van der Waals surface area contributed by atoms with Crippen LogP contribution in [-0.4, -0.2) is 17.8 Å². The number of aliphatic hydroxyl groups is 1. The first kappa shape index (κ1) is 15.2. The molecule has 0 aliphatic rings. The second kappa shape index (κ2) is 6.32. The van der Waals surface area contributed by atoms with E-state index in [2.05, 4.69) is 60.4 Å². The van der Waals surface area contributed by atoms with Crippen molar-refractivity contribution in [3.8, 4) is 0 Å². The number of halogens is 1. The van der Waals surface area contributed by atoms with Gasteiger partial charge in [-0.3, -0.25) is 0 Å². The number of hydrogen-bond donors (Lipinski definition) is 2. The monoisotopic (exact) mass is 319 g/mol. The van der Waals surface area contributed by atoms with E-state index in [1.807, 2.05) is 0 Å². The van der Waals surface area contributed by atoms with E-state index in [-0.39, 0.29) is 11.5 Å². The van der Waals surface area contributed by atoms with Crippen LogP contribution in [0.1, 0.15) is 45.0 Å². The molecule has 0 amide bonds. The maximum atomic E-state index is 9.92. The lowest BCUT2D eigenvalue weighted by Crippen LogP contribution is -2.31. The van der Waals surface area contributed by atoms with Crippen molar-refractivity contribution in [1.29, 1.82) is 0 Å². The Morgan fingerprint density at radius 2 is 2.12 bits per heavy atom. The van der Waals surface area contributed by atoms with Gasteiger partial charge in [-0.2, -0.15) is 0 Å². The van der Waals surface area contributed by atoms with Crippen LogP contribution >= 0.6 is 27.3 Å². The Kier molecular flexibility index (Phi) is 5.64. The third-order valence-corrected chi connectivity index (χ3v) is 4.40. The summed E-state index contributed by atoms with van der Waals surface area (Å²) in [5, 5.41) is 15.4. The van der Waals surface area contributed by atoms with Gasteiger partial charge in [0, 0.05) is 27.3 Å². The molecule has 17 heavy (non-hydrogen) atoms.